The van der Waals surface area contributed by atoms with Gasteiger partial charge in [-0.2, -0.15) is 5.10 Å². The fourth-order valence-electron chi connectivity index (χ4n) is 3.03. The summed E-state index contributed by atoms with van der Waals surface area (Å²) in [5, 5.41) is 7.97. The molecule has 1 aliphatic carbocycles. The van der Waals surface area contributed by atoms with Gasteiger partial charge in [0.15, 0.2) is 0 Å². The van der Waals surface area contributed by atoms with Gasteiger partial charge in [-0.3, -0.25) is 0 Å². The highest BCUT2D eigenvalue weighted by atomic mass is 15.2. The van der Waals surface area contributed by atoms with Crippen LogP contribution in [0, 0.1) is 5.41 Å². The van der Waals surface area contributed by atoms with E-state index in [2.05, 4.69) is 29.5 Å². The molecular weight excluding hydrogens is 222 g/mol. The van der Waals surface area contributed by atoms with Crippen molar-refractivity contribution < 1.29 is 0 Å². The van der Waals surface area contributed by atoms with Crippen molar-refractivity contribution in [1.29, 1.82) is 0 Å². The Morgan fingerprint density at radius 2 is 2.17 bits per heavy atom. The van der Waals surface area contributed by atoms with Gasteiger partial charge in [0.05, 0.1) is 11.7 Å². The summed E-state index contributed by atoms with van der Waals surface area (Å²) in [6.45, 7) is 4.45. The number of nitrogens with zero attached hydrogens (tertiary/aromatic N) is 2. The molecule has 18 heavy (non-hydrogen) atoms. The highest BCUT2D eigenvalue weighted by Crippen LogP contribution is 2.36. The summed E-state index contributed by atoms with van der Waals surface area (Å²) in [4.78, 5) is 0. The van der Waals surface area contributed by atoms with Gasteiger partial charge in [-0.1, -0.05) is 25.8 Å². The van der Waals surface area contributed by atoms with Crippen LogP contribution in [-0.2, 0) is 6.54 Å². The zero-order valence-corrected chi connectivity index (χ0v) is 11.0. The van der Waals surface area contributed by atoms with Crippen LogP contribution >= 0.6 is 0 Å². The molecule has 0 atom stereocenters. The maximum Gasteiger partial charge on any atom is 0.0706 e. The maximum absolute atomic E-state index is 4.36. The van der Waals surface area contributed by atoms with Crippen LogP contribution in [0.5, 0.6) is 0 Å². The zero-order chi connectivity index (χ0) is 12.4. The minimum absolute atomic E-state index is 0.517. The van der Waals surface area contributed by atoms with Crippen molar-refractivity contribution in [2.45, 2.75) is 39.2 Å². The van der Waals surface area contributed by atoms with Gasteiger partial charge in [-0.05, 0) is 30.4 Å². The second-order valence-electron chi connectivity index (χ2n) is 5.82. The minimum Gasteiger partial charge on any atom is -0.312 e. The van der Waals surface area contributed by atoms with Crippen molar-refractivity contribution >= 4 is 5.52 Å². The Morgan fingerprint density at radius 1 is 1.33 bits per heavy atom. The van der Waals surface area contributed by atoms with E-state index in [9.17, 15) is 0 Å². The standard InChI is InChI=1S/C15H21N3/c1-15(7-3-4-8-15)12-16-10-13-11-17-18-9-5-2-6-14(13)18/h2,5-6,9,11,16H,3-4,7-8,10,12H2,1H3. The van der Waals surface area contributed by atoms with Crippen LogP contribution in [0.25, 0.3) is 5.52 Å². The van der Waals surface area contributed by atoms with Gasteiger partial charge in [0, 0.05) is 24.8 Å². The molecule has 3 heteroatoms. The summed E-state index contributed by atoms with van der Waals surface area (Å²) >= 11 is 0. The predicted molar refractivity (Wildman–Crippen MR) is 73.5 cm³/mol. The van der Waals surface area contributed by atoms with Gasteiger partial charge < -0.3 is 5.32 Å². The lowest BCUT2D eigenvalue weighted by Crippen LogP contribution is -2.29. The first-order valence-electron chi connectivity index (χ1n) is 6.89. The molecule has 0 saturated heterocycles. The van der Waals surface area contributed by atoms with Gasteiger partial charge >= 0.3 is 0 Å². The lowest BCUT2D eigenvalue weighted by atomic mass is 9.89. The molecule has 2 aromatic rings. The smallest absolute Gasteiger partial charge is 0.0706 e. The molecule has 0 unspecified atom stereocenters. The highest BCUT2D eigenvalue weighted by Gasteiger charge is 2.27. The molecule has 3 nitrogen and oxygen atoms in total. The normalized spacial score (nSPS) is 18.5. The van der Waals surface area contributed by atoms with E-state index >= 15 is 0 Å². The van der Waals surface area contributed by atoms with Gasteiger partial charge in [-0.25, -0.2) is 4.52 Å². The van der Waals surface area contributed by atoms with E-state index in [0.717, 1.165) is 13.1 Å². The molecule has 0 radical (unpaired) electrons. The molecule has 3 rings (SSSR count). The van der Waals surface area contributed by atoms with Gasteiger partial charge in [0.1, 0.15) is 0 Å². The lowest BCUT2D eigenvalue weighted by Gasteiger charge is -2.23. The molecule has 2 heterocycles. The van der Waals surface area contributed by atoms with Crippen molar-refractivity contribution in [3.63, 3.8) is 0 Å². The van der Waals surface area contributed by atoms with Crippen LogP contribution in [0.1, 0.15) is 38.2 Å². The van der Waals surface area contributed by atoms with E-state index in [-0.39, 0.29) is 0 Å². The Bertz CT molecular complexity index is 523. The summed E-state index contributed by atoms with van der Waals surface area (Å²) in [5.74, 6) is 0. The Labute approximate surface area is 108 Å². The third-order valence-corrected chi connectivity index (χ3v) is 4.18. The van der Waals surface area contributed by atoms with Crippen LogP contribution in [0.4, 0.5) is 0 Å². The number of rotatable bonds is 4. The van der Waals surface area contributed by atoms with E-state index in [4.69, 9.17) is 0 Å². The number of hydrogen-bond acceptors (Lipinski definition) is 2. The SMILES string of the molecule is CC1(CNCc2cnn3ccccc23)CCCC1. The van der Waals surface area contributed by atoms with Gasteiger partial charge in [0.25, 0.3) is 0 Å². The maximum atomic E-state index is 4.36. The fraction of sp³-hybridized carbons (Fsp3) is 0.533. The third-order valence-electron chi connectivity index (χ3n) is 4.18. The second kappa shape index (κ2) is 4.73. The van der Waals surface area contributed by atoms with Crippen molar-refractivity contribution in [1.82, 2.24) is 14.9 Å². The average molecular weight is 243 g/mol. The summed E-state index contributed by atoms with van der Waals surface area (Å²) in [7, 11) is 0. The van der Waals surface area contributed by atoms with Crippen LogP contribution in [-0.4, -0.2) is 16.2 Å². The van der Waals surface area contributed by atoms with E-state index in [1.54, 1.807) is 0 Å². The fourth-order valence-corrected chi connectivity index (χ4v) is 3.03. The first kappa shape index (κ1) is 11.7. The van der Waals surface area contributed by atoms with Crippen LogP contribution in [0.15, 0.2) is 30.6 Å². The first-order chi connectivity index (χ1) is 8.77. The molecule has 0 amide bonds. The molecule has 0 aromatic carbocycles. The molecular formula is C15H21N3. The Hall–Kier alpha value is -1.35. The van der Waals surface area contributed by atoms with E-state index in [0.29, 0.717) is 5.41 Å². The highest BCUT2D eigenvalue weighted by molar-refractivity contribution is 5.53. The molecule has 2 aromatic heterocycles. The zero-order valence-electron chi connectivity index (χ0n) is 11.0. The van der Waals surface area contributed by atoms with Crippen molar-refractivity contribution in [2.75, 3.05) is 6.54 Å². The number of pyridine rings is 1. The molecule has 96 valence electrons. The Kier molecular flexibility index (Phi) is 3.08. The number of nitrogens with one attached hydrogen (secondary N) is 1. The summed E-state index contributed by atoms with van der Waals surface area (Å²) < 4.78 is 1.94. The largest absolute Gasteiger partial charge is 0.312 e. The molecule has 0 spiro atoms. The summed E-state index contributed by atoms with van der Waals surface area (Å²) in [5.41, 5.74) is 3.02. The molecule has 0 bridgehead atoms. The molecule has 0 aliphatic heterocycles. The summed E-state index contributed by atoms with van der Waals surface area (Å²) in [6.07, 6.45) is 9.50. The minimum atomic E-state index is 0.517. The molecule has 1 N–H and O–H groups in total. The lowest BCUT2D eigenvalue weighted by molar-refractivity contribution is 0.315. The van der Waals surface area contributed by atoms with Crippen LogP contribution < -0.4 is 5.32 Å². The predicted octanol–water partition coefficient (Wildman–Crippen LogP) is 3.00. The molecule has 1 saturated carbocycles. The number of fused-ring (bicyclic) bond motifs is 1. The van der Waals surface area contributed by atoms with Crippen molar-refractivity contribution in [3.8, 4) is 0 Å². The first-order valence-corrected chi connectivity index (χ1v) is 6.89. The topological polar surface area (TPSA) is 29.3 Å². The van der Waals surface area contributed by atoms with Gasteiger partial charge in [-0.15, -0.1) is 0 Å². The van der Waals surface area contributed by atoms with Crippen LogP contribution in [0.3, 0.4) is 0 Å². The Morgan fingerprint density at radius 3 is 3.00 bits per heavy atom. The summed E-state index contributed by atoms with van der Waals surface area (Å²) in [6, 6.07) is 6.21. The average Bonchev–Trinajstić information content (AvgIpc) is 2.97. The van der Waals surface area contributed by atoms with E-state index < -0.39 is 0 Å². The monoisotopic (exact) mass is 243 g/mol. The quantitative estimate of drug-likeness (QED) is 0.894. The van der Waals surface area contributed by atoms with Crippen molar-refractivity contribution in [2.24, 2.45) is 5.41 Å². The molecule has 1 aliphatic rings. The molecule has 1 fully saturated rings. The second-order valence-corrected chi connectivity index (χ2v) is 5.82. The number of aromatic nitrogens is 2. The van der Waals surface area contributed by atoms with Gasteiger partial charge in [0.2, 0.25) is 0 Å². The Balaban J connectivity index is 1.63. The third kappa shape index (κ3) is 2.27. The van der Waals surface area contributed by atoms with Crippen molar-refractivity contribution in [3.05, 3.63) is 36.2 Å². The van der Waals surface area contributed by atoms with E-state index in [1.807, 2.05) is 23.0 Å². The van der Waals surface area contributed by atoms with E-state index in [1.165, 1.54) is 36.8 Å². The number of hydrogen-bond donors (Lipinski definition) is 1. The van der Waals surface area contributed by atoms with Crippen LogP contribution in [0.2, 0.25) is 0 Å².